The molecule has 0 aliphatic rings. The van der Waals surface area contributed by atoms with Crippen LogP contribution in [0.4, 0.5) is 0 Å². The predicted octanol–water partition coefficient (Wildman–Crippen LogP) is 1.88. The number of hydrogen-bond acceptors (Lipinski definition) is 5. The summed E-state index contributed by atoms with van der Waals surface area (Å²) in [5, 5.41) is 10.4. The average molecular weight is 253 g/mol. The van der Waals surface area contributed by atoms with E-state index in [1.165, 1.54) is 0 Å². The molecule has 0 N–H and O–H groups in total. The molecule has 1 aromatic rings. The van der Waals surface area contributed by atoms with Crippen LogP contribution in [-0.4, -0.2) is 24.7 Å². The van der Waals surface area contributed by atoms with Crippen molar-refractivity contribution in [1.82, 2.24) is 0 Å². The Morgan fingerprint density at radius 1 is 1.33 bits per heavy atom. The Balaban J connectivity index is 0.000000873. The summed E-state index contributed by atoms with van der Waals surface area (Å²) in [5.41, 5.74) is 0.995. The van der Waals surface area contributed by atoms with E-state index in [-0.39, 0.29) is 23.5 Å². The minimum absolute atomic E-state index is 0.00842. The molecule has 6 nitrogen and oxygen atoms in total. The standard InChI is InChI=1S/C11H15NO3.CO2/c1-3-9(8-12(13)14)10-4-6-11(15-2)7-5-10;2-1-3/h4-7,9H,3,8H2,1-2H3;. The zero-order chi connectivity index (χ0) is 14.0. The molecular weight excluding hydrogens is 238 g/mol. The smallest absolute Gasteiger partial charge is 0.373 e. The summed E-state index contributed by atoms with van der Waals surface area (Å²) >= 11 is 0. The molecule has 0 aliphatic carbocycles. The van der Waals surface area contributed by atoms with Gasteiger partial charge in [-0.25, -0.2) is 0 Å². The highest BCUT2D eigenvalue weighted by Crippen LogP contribution is 2.22. The van der Waals surface area contributed by atoms with E-state index in [0.29, 0.717) is 0 Å². The third-order valence-electron chi connectivity index (χ3n) is 2.45. The molecule has 0 saturated heterocycles. The van der Waals surface area contributed by atoms with Crippen LogP contribution >= 0.6 is 0 Å². The van der Waals surface area contributed by atoms with Crippen molar-refractivity contribution in [3.63, 3.8) is 0 Å². The third kappa shape index (κ3) is 5.77. The monoisotopic (exact) mass is 253 g/mol. The summed E-state index contributed by atoms with van der Waals surface area (Å²) in [6.07, 6.45) is 1.02. The zero-order valence-electron chi connectivity index (χ0n) is 10.3. The SMILES string of the molecule is CCC(C[N+](=O)[O-])c1ccc(OC)cc1.O=C=O. The average Bonchev–Trinajstić information content (AvgIpc) is 2.37. The topological polar surface area (TPSA) is 86.5 Å². The molecule has 0 bridgehead atoms. The Morgan fingerprint density at radius 2 is 1.83 bits per heavy atom. The minimum Gasteiger partial charge on any atom is -0.497 e. The number of rotatable bonds is 5. The zero-order valence-corrected chi connectivity index (χ0v) is 10.3. The summed E-state index contributed by atoms with van der Waals surface area (Å²) in [4.78, 5) is 26.4. The van der Waals surface area contributed by atoms with Crippen molar-refractivity contribution in [3.05, 3.63) is 39.9 Å². The lowest BCUT2D eigenvalue weighted by atomic mass is 9.97. The van der Waals surface area contributed by atoms with Gasteiger partial charge in [0.25, 0.3) is 0 Å². The van der Waals surface area contributed by atoms with E-state index in [0.717, 1.165) is 17.7 Å². The summed E-state index contributed by atoms with van der Waals surface area (Å²) in [6.45, 7) is 1.95. The van der Waals surface area contributed by atoms with E-state index >= 15 is 0 Å². The van der Waals surface area contributed by atoms with E-state index in [1.807, 2.05) is 31.2 Å². The first-order chi connectivity index (χ1) is 8.58. The van der Waals surface area contributed by atoms with Crippen LogP contribution in [0.5, 0.6) is 5.75 Å². The van der Waals surface area contributed by atoms with Crippen molar-refractivity contribution in [3.8, 4) is 5.75 Å². The second kappa shape index (κ2) is 8.90. The van der Waals surface area contributed by atoms with Crippen LogP contribution in [-0.2, 0) is 9.59 Å². The van der Waals surface area contributed by atoms with E-state index < -0.39 is 0 Å². The van der Waals surface area contributed by atoms with Crippen LogP contribution in [0.25, 0.3) is 0 Å². The molecule has 0 saturated carbocycles. The molecule has 0 amide bonds. The van der Waals surface area contributed by atoms with E-state index in [4.69, 9.17) is 14.3 Å². The predicted molar refractivity (Wildman–Crippen MR) is 62.9 cm³/mol. The second-order valence-corrected chi connectivity index (χ2v) is 3.48. The molecule has 6 heteroatoms. The van der Waals surface area contributed by atoms with E-state index in [2.05, 4.69) is 0 Å². The molecule has 1 rings (SSSR count). The van der Waals surface area contributed by atoms with Gasteiger partial charge in [-0.1, -0.05) is 19.1 Å². The van der Waals surface area contributed by atoms with Gasteiger partial charge in [0.05, 0.1) is 7.11 Å². The first-order valence-corrected chi connectivity index (χ1v) is 5.34. The maximum atomic E-state index is 10.4. The second-order valence-electron chi connectivity index (χ2n) is 3.48. The van der Waals surface area contributed by atoms with Crippen LogP contribution < -0.4 is 4.74 Å². The van der Waals surface area contributed by atoms with Gasteiger partial charge in [0.15, 0.2) is 0 Å². The Bertz CT molecular complexity index is 395. The van der Waals surface area contributed by atoms with E-state index in [9.17, 15) is 10.1 Å². The van der Waals surface area contributed by atoms with Gasteiger partial charge in [-0.3, -0.25) is 10.1 Å². The van der Waals surface area contributed by atoms with Gasteiger partial charge < -0.3 is 4.74 Å². The number of hydrogen-bond donors (Lipinski definition) is 0. The lowest BCUT2D eigenvalue weighted by molar-refractivity contribution is -0.483. The maximum absolute atomic E-state index is 10.4. The maximum Gasteiger partial charge on any atom is 0.373 e. The Kier molecular flexibility index (Phi) is 7.81. The van der Waals surface area contributed by atoms with Crippen molar-refractivity contribution in [2.24, 2.45) is 0 Å². The van der Waals surface area contributed by atoms with Crippen molar-refractivity contribution < 1.29 is 19.2 Å². The van der Waals surface area contributed by atoms with Gasteiger partial charge in [-0.2, -0.15) is 9.59 Å². The molecule has 1 aromatic carbocycles. The van der Waals surface area contributed by atoms with Crippen LogP contribution in [0.15, 0.2) is 24.3 Å². The molecule has 0 aromatic heterocycles. The van der Waals surface area contributed by atoms with Crippen LogP contribution in [0.3, 0.4) is 0 Å². The Labute approximate surface area is 105 Å². The fourth-order valence-corrected chi connectivity index (χ4v) is 1.53. The van der Waals surface area contributed by atoms with Gasteiger partial charge in [-0.05, 0) is 24.1 Å². The first-order valence-electron chi connectivity index (χ1n) is 5.34. The highest BCUT2D eigenvalue weighted by atomic mass is 16.6. The summed E-state index contributed by atoms with van der Waals surface area (Å²) < 4.78 is 5.03. The number of nitro groups is 1. The number of benzene rings is 1. The lowest BCUT2D eigenvalue weighted by Gasteiger charge is -2.10. The summed E-state index contributed by atoms with van der Waals surface area (Å²) in [5.74, 6) is 0.764. The van der Waals surface area contributed by atoms with Crippen LogP contribution in [0.2, 0.25) is 0 Å². The van der Waals surface area contributed by atoms with Crippen molar-refractivity contribution in [1.29, 1.82) is 0 Å². The number of ether oxygens (including phenoxy) is 1. The first kappa shape index (κ1) is 15.8. The molecule has 0 aliphatic heterocycles. The molecule has 0 spiro atoms. The number of methoxy groups -OCH3 is 1. The van der Waals surface area contributed by atoms with Crippen LogP contribution in [0, 0.1) is 10.1 Å². The van der Waals surface area contributed by atoms with Crippen molar-refractivity contribution in [2.45, 2.75) is 19.3 Å². The van der Waals surface area contributed by atoms with Gasteiger partial charge in [0, 0.05) is 10.8 Å². The minimum atomic E-state index is -0.265. The quantitative estimate of drug-likeness (QED) is 0.590. The molecule has 0 fully saturated rings. The molecule has 0 radical (unpaired) electrons. The van der Waals surface area contributed by atoms with Crippen LogP contribution in [0.1, 0.15) is 24.8 Å². The Morgan fingerprint density at radius 3 is 2.17 bits per heavy atom. The number of nitrogens with zero attached hydrogens (tertiary/aromatic N) is 1. The normalized spacial score (nSPS) is 10.6. The lowest BCUT2D eigenvalue weighted by Crippen LogP contribution is -2.11. The highest BCUT2D eigenvalue weighted by Gasteiger charge is 2.15. The molecule has 1 unspecified atom stereocenters. The molecule has 18 heavy (non-hydrogen) atoms. The van der Waals surface area contributed by atoms with E-state index in [1.54, 1.807) is 7.11 Å². The third-order valence-corrected chi connectivity index (χ3v) is 2.45. The summed E-state index contributed by atoms with van der Waals surface area (Å²) in [6, 6.07) is 7.43. The fourth-order valence-electron chi connectivity index (χ4n) is 1.53. The fraction of sp³-hybridized carbons (Fsp3) is 0.417. The number of carbonyl (C=O) groups excluding carboxylic acids is 2. The molecule has 1 atom stereocenters. The molecule has 0 heterocycles. The summed E-state index contributed by atoms with van der Waals surface area (Å²) in [7, 11) is 1.60. The largest absolute Gasteiger partial charge is 0.497 e. The molecule has 98 valence electrons. The van der Waals surface area contributed by atoms with Gasteiger partial charge in [-0.15, -0.1) is 0 Å². The van der Waals surface area contributed by atoms with Crippen molar-refractivity contribution >= 4 is 6.15 Å². The van der Waals surface area contributed by atoms with Gasteiger partial charge in [0.1, 0.15) is 5.75 Å². The van der Waals surface area contributed by atoms with Crippen molar-refractivity contribution in [2.75, 3.05) is 13.7 Å². The molecular formula is C12H15NO5. The van der Waals surface area contributed by atoms with Gasteiger partial charge in [0.2, 0.25) is 6.54 Å². The van der Waals surface area contributed by atoms with Gasteiger partial charge >= 0.3 is 6.15 Å². The Hall–Kier alpha value is -2.20. The highest BCUT2D eigenvalue weighted by molar-refractivity contribution is 5.29.